The van der Waals surface area contributed by atoms with Crippen molar-refractivity contribution in [3.63, 3.8) is 0 Å². The molecule has 3 rings (SSSR count). The van der Waals surface area contributed by atoms with Gasteiger partial charge in [0.15, 0.2) is 0 Å². The number of benzene rings is 2. The smallest absolute Gasteiger partial charge is 0.267 e. The van der Waals surface area contributed by atoms with E-state index < -0.39 is 5.91 Å². The lowest BCUT2D eigenvalue weighted by molar-refractivity contribution is -0.112. The first-order valence-corrected chi connectivity index (χ1v) is 9.21. The Morgan fingerprint density at radius 1 is 1.10 bits per heavy atom. The van der Waals surface area contributed by atoms with Gasteiger partial charge in [0.1, 0.15) is 17.5 Å². The fraction of sp³-hybridized carbons (Fsp3) is 0.174. The van der Waals surface area contributed by atoms with Crippen molar-refractivity contribution in [2.45, 2.75) is 13.8 Å². The van der Waals surface area contributed by atoms with E-state index in [-0.39, 0.29) is 5.57 Å². The molecule has 29 heavy (non-hydrogen) atoms. The van der Waals surface area contributed by atoms with Gasteiger partial charge in [0, 0.05) is 25.8 Å². The third-order valence-electron chi connectivity index (χ3n) is 4.44. The second kappa shape index (κ2) is 8.44. The maximum Gasteiger partial charge on any atom is 0.267 e. The van der Waals surface area contributed by atoms with Crippen LogP contribution in [0.3, 0.4) is 0 Å². The SMILES string of the molecule is Cc1ccc(-n2nc(C)cc2NC(=O)/C(C#N)=C/c2ccc(N(C)C)cc2)cc1. The summed E-state index contributed by atoms with van der Waals surface area (Å²) in [7, 11) is 3.91. The number of hydrogen-bond donors (Lipinski definition) is 1. The Bertz CT molecular complexity index is 1080. The van der Waals surface area contributed by atoms with Crippen molar-refractivity contribution < 1.29 is 4.79 Å². The molecular formula is C23H23N5O. The summed E-state index contributed by atoms with van der Waals surface area (Å²) < 4.78 is 1.66. The fourth-order valence-electron chi connectivity index (χ4n) is 2.84. The van der Waals surface area contributed by atoms with Gasteiger partial charge in [-0.1, -0.05) is 29.8 Å². The molecule has 1 aromatic heterocycles. The van der Waals surface area contributed by atoms with Crippen molar-refractivity contribution in [3.05, 3.63) is 77.0 Å². The molecule has 0 fully saturated rings. The zero-order valence-electron chi connectivity index (χ0n) is 17.0. The van der Waals surface area contributed by atoms with Crippen LogP contribution in [0, 0.1) is 25.2 Å². The van der Waals surface area contributed by atoms with E-state index >= 15 is 0 Å². The quantitative estimate of drug-likeness (QED) is 0.530. The number of carbonyl (C=O) groups is 1. The van der Waals surface area contributed by atoms with E-state index in [1.54, 1.807) is 16.8 Å². The van der Waals surface area contributed by atoms with Crippen LogP contribution in [-0.2, 0) is 4.79 Å². The highest BCUT2D eigenvalue weighted by Gasteiger charge is 2.14. The number of anilines is 2. The third kappa shape index (κ3) is 4.71. The Hall–Kier alpha value is -3.85. The number of rotatable bonds is 5. The van der Waals surface area contributed by atoms with E-state index in [9.17, 15) is 10.1 Å². The van der Waals surface area contributed by atoms with E-state index in [1.807, 2.05) is 87.4 Å². The average molecular weight is 385 g/mol. The van der Waals surface area contributed by atoms with E-state index in [0.29, 0.717) is 5.82 Å². The first-order chi connectivity index (χ1) is 13.9. The molecule has 0 unspecified atom stereocenters. The molecule has 1 amide bonds. The normalized spacial score (nSPS) is 11.1. The molecule has 6 nitrogen and oxygen atoms in total. The van der Waals surface area contributed by atoms with Crippen LogP contribution in [0.5, 0.6) is 0 Å². The lowest BCUT2D eigenvalue weighted by Crippen LogP contribution is -2.16. The van der Waals surface area contributed by atoms with Crippen LogP contribution in [0.4, 0.5) is 11.5 Å². The van der Waals surface area contributed by atoms with Gasteiger partial charge in [-0.25, -0.2) is 4.68 Å². The van der Waals surface area contributed by atoms with Crippen LogP contribution in [0.2, 0.25) is 0 Å². The van der Waals surface area contributed by atoms with Crippen molar-refractivity contribution in [2.75, 3.05) is 24.3 Å². The van der Waals surface area contributed by atoms with Gasteiger partial charge in [-0.3, -0.25) is 4.79 Å². The Kier molecular flexibility index (Phi) is 5.79. The molecule has 6 heteroatoms. The fourth-order valence-corrected chi connectivity index (χ4v) is 2.84. The van der Waals surface area contributed by atoms with Crippen molar-refractivity contribution in [1.82, 2.24) is 9.78 Å². The van der Waals surface area contributed by atoms with Crippen LogP contribution < -0.4 is 10.2 Å². The molecule has 3 aromatic rings. The van der Waals surface area contributed by atoms with E-state index in [2.05, 4.69) is 10.4 Å². The first-order valence-electron chi connectivity index (χ1n) is 9.21. The third-order valence-corrected chi connectivity index (χ3v) is 4.44. The van der Waals surface area contributed by atoms with Gasteiger partial charge in [-0.15, -0.1) is 0 Å². The minimum Gasteiger partial charge on any atom is -0.378 e. The van der Waals surface area contributed by atoms with Crippen molar-refractivity contribution in [2.24, 2.45) is 0 Å². The summed E-state index contributed by atoms with van der Waals surface area (Å²) in [4.78, 5) is 14.7. The van der Waals surface area contributed by atoms with Crippen molar-refractivity contribution in [3.8, 4) is 11.8 Å². The van der Waals surface area contributed by atoms with Crippen LogP contribution in [-0.4, -0.2) is 29.8 Å². The molecule has 1 heterocycles. The second-order valence-electron chi connectivity index (χ2n) is 7.03. The van der Waals surface area contributed by atoms with Crippen LogP contribution >= 0.6 is 0 Å². The number of nitrogens with one attached hydrogen (secondary N) is 1. The second-order valence-corrected chi connectivity index (χ2v) is 7.03. The Labute approximate surface area is 170 Å². The lowest BCUT2D eigenvalue weighted by Gasteiger charge is -2.12. The molecule has 0 spiro atoms. The van der Waals surface area contributed by atoms with E-state index in [0.717, 1.165) is 28.2 Å². The molecule has 0 aliphatic rings. The minimum atomic E-state index is -0.475. The van der Waals surface area contributed by atoms with Crippen molar-refractivity contribution >= 4 is 23.5 Å². The van der Waals surface area contributed by atoms with Gasteiger partial charge in [0.25, 0.3) is 5.91 Å². The van der Waals surface area contributed by atoms with Gasteiger partial charge in [0.05, 0.1) is 11.4 Å². The van der Waals surface area contributed by atoms with Gasteiger partial charge in [-0.05, 0) is 49.8 Å². The van der Waals surface area contributed by atoms with Crippen LogP contribution in [0.15, 0.2) is 60.2 Å². The number of aryl methyl sites for hydroxylation is 2. The number of amides is 1. The van der Waals surface area contributed by atoms with Gasteiger partial charge >= 0.3 is 0 Å². The van der Waals surface area contributed by atoms with Gasteiger partial charge in [-0.2, -0.15) is 10.4 Å². The average Bonchev–Trinajstić information content (AvgIpc) is 3.06. The number of aromatic nitrogens is 2. The molecule has 0 bridgehead atoms. The van der Waals surface area contributed by atoms with Gasteiger partial charge < -0.3 is 10.2 Å². The first kappa shape index (κ1) is 19.9. The number of nitriles is 1. The maximum absolute atomic E-state index is 12.7. The summed E-state index contributed by atoms with van der Waals surface area (Å²) in [6.07, 6.45) is 1.58. The lowest BCUT2D eigenvalue weighted by atomic mass is 10.1. The summed E-state index contributed by atoms with van der Waals surface area (Å²) in [6.45, 7) is 3.86. The van der Waals surface area contributed by atoms with Gasteiger partial charge in [0.2, 0.25) is 0 Å². The zero-order valence-corrected chi connectivity index (χ0v) is 17.0. The molecule has 0 radical (unpaired) electrons. The molecule has 0 aliphatic heterocycles. The van der Waals surface area contributed by atoms with Crippen LogP contribution in [0.1, 0.15) is 16.8 Å². The summed E-state index contributed by atoms with van der Waals surface area (Å²) in [5.41, 5.74) is 4.59. The monoisotopic (exact) mass is 385 g/mol. The molecular weight excluding hydrogens is 362 g/mol. The highest BCUT2D eigenvalue weighted by Crippen LogP contribution is 2.19. The topological polar surface area (TPSA) is 74.0 Å². The largest absolute Gasteiger partial charge is 0.378 e. The summed E-state index contributed by atoms with van der Waals surface area (Å²) in [5, 5.41) is 16.8. The molecule has 0 aliphatic carbocycles. The number of nitrogens with zero attached hydrogens (tertiary/aromatic N) is 4. The molecule has 146 valence electrons. The maximum atomic E-state index is 12.7. The Balaban J connectivity index is 1.85. The number of hydrogen-bond acceptors (Lipinski definition) is 4. The predicted molar refractivity (Wildman–Crippen MR) is 116 cm³/mol. The minimum absolute atomic E-state index is 0.0249. The van der Waals surface area contributed by atoms with Crippen molar-refractivity contribution in [1.29, 1.82) is 5.26 Å². The van der Waals surface area contributed by atoms with E-state index in [1.165, 1.54) is 0 Å². The standard InChI is InChI=1S/C23H23N5O/c1-16-5-9-21(10-6-16)28-22(13-17(2)26-28)25-23(29)19(15-24)14-18-7-11-20(12-8-18)27(3)4/h5-14H,1-4H3,(H,25,29)/b19-14+. The summed E-state index contributed by atoms with van der Waals surface area (Å²) in [6, 6.07) is 19.2. The predicted octanol–water partition coefficient (Wildman–Crippen LogP) is 4.10. The Morgan fingerprint density at radius 2 is 1.76 bits per heavy atom. The highest BCUT2D eigenvalue weighted by molar-refractivity contribution is 6.09. The molecule has 2 aromatic carbocycles. The summed E-state index contributed by atoms with van der Waals surface area (Å²) >= 11 is 0. The molecule has 0 saturated heterocycles. The Morgan fingerprint density at radius 3 is 2.34 bits per heavy atom. The molecule has 1 N–H and O–H groups in total. The zero-order chi connectivity index (χ0) is 21.0. The number of carbonyl (C=O) groups excluding carboxylic acids is 1. The summed E-state index contributed by atoms with van der Waals surface area (Å²) in [5.74, 6) is 0.0397. The van der Waals surface area contributed by atoms with Crippen LogP contribution in [0.25, 0.3) is 11.8 Å². The molecule has 0 atom stereocenters. The van der Waals surface area contributed by atoms with E-state index in [4.69, 9.17) is 0 Å². The highest BCUT2D eigenvalue weighted by atomic mass is 16.1. The molecule has 0 saturated carbocycles.